The maximum atomic E-state index is 2.41. The zero-order chi connectivity index (χ0) is 54.7. The van der Waals surface area contributed by atoms with Crippen molar-refractivity contribution in [1.82, 2.24) is 0 Å². The molecular weight excluding hydrogens is 1250 g/mol. The third-order valence-electron chi connectivity index (χ3n) is 16.0. The Morgan fingerprint density at radius 3 is 0.274 bits per heavy atom. The first-order valence-electron chi connectivity index (χ1n) is 27.3. The Labute approximate surface area is 537 Å². The van der Waals surface area contributed by atoms with Gasteiger partial charge in [-0.3, -0.25) is 0 Å². The molecule has 24 bridgehead atoms. The fourth-order valence-corrected chi connectivity index (χ4v) is 25.3. The van der Waals surface area contributed by atoms with Gasteiger partial charge in [0.15, 0.2) is 0 Å². The van der Waals surface area contributed by atoms with E-state index >= 15 is 0 Å². The van der Waals surface area contributed by atoms with Crippen LogP contribution >= 0.6 is 141 Å². The SMILES string of the molecule is c1cc2c3cc1-c1ccc4c(c1)Sc1cc(ccc1S4)-c1ccc4c(c1)Sc1cc(ccc1S4)-c1ccc4c(c1)Sc1cc(ccc1S4)-c1ccc4c(c1)Sc1cc(ccc1S4)-c1ccc4c(c1)Sc1cc(ccc1S4)-c1ccc(c(c1)S3)S2. The minimum atomic E-state index is 1.25. The Kier molecular flexibility index (Phi) is 12.2. The summed E-state index contributed by atoms with van der Waals surface area (Å²) in [6.07, 6.45) is 0. The molecule has 0 amide bonds. The third-order valence-corrected chi connectivity index (χ3v) is 31.1. The van der Waals surface area contributed by atoms with E-state index in [2.05, 4.69) is 218 Å². The van der Waals surface area contributed by atoms with E-state index in [1.807, 2.05) is 141 Å². The van der Waals surface area contributed by atoms with Crippen LogP contribution in [-0.4, -0.2) is 0 Å². The molecule has 12 heteroatoms. The van der Waals surface area contributed by atoms with Crippen LogP contribution in [0, 0.1) is 0 Å². The lowest BCUT2D eigenvalue weighted by Crippen LogP contribution is -1.94. The highest BCUT2D eigenvalue weighted by atomic mass is 32.2. The minimum absolute atomic E-state index is 1.25. The van der Waals surface area contributed by atoms with Crippen LogP contribution < -0.4 is 0 Å². The van der Waals surface area contributed by atoms with Crippen molar-refractivity contribution in [3.63, 3.8) is 0 Å². The Balaban J connectivity index is 0.681. The van der Waals surface area contributed by atoms with Gasteiger partial charge in [0.25, 0.3) is 0 Å². The van der Waals surface area contributed by atoms with E-state index in [1.165, 1.54) is 184 Å². The second-order valence-corrected chi connectivity index (χ2v) is 34.2. The number of rotatable bonds is 0. The molecule has 0 atom stereocenters. The molecule has 0 fully saturated rings. The van der Waals surface area contributed by atoms with Gasteiger partial charge in [0.05, 0.1) is 0 Å². The molecule has 0 spiro atoms. The number of fused-ring (bicyclic) bond motifs is 18. The molecule has 0 radical (unpaired) electrons. The van der Waals surface area contributed by atoms with Crippen LogP contribution in [-0.2, 0) is 0 Å². The number of hydrogen-bond donors (Lipinski definition) is 0. The van der Waals surface area contributed by atoms with Crippen LogP contribution in [0.3, 0.4) is 0 Å². The fourth-order valence-electron chi connectivity index (χ4n) is 11.6. The number of hydrogen-bond acceptors (Lipinski definition) is 12. The lowest BCUT2D eigenvalue weighted by Gasteiger charge is -2.23. The van der Waals surface area contributed by atoms with Gasteiger partial charge >= 0.3 is 0 Å². The van der Waals surface area contributed by atoms with Gasteiger partial charge in [-0.05, 0) is 212 Å². The standard InChI is InChI=1S/C72H36S12/c1-13-49-61-25-37(1)38-2-14-51-62(26-38)80-64-28-40(4-16-52(64)74-51)42-6-18-54-66(30-42)82-68-32-44(8-20-56(68)76-54)46-10-22-58-70(34-46)84-72-36-48(12-24-60(72)78-58)47-11-23-59-71(35-47)83-69-33-45(9-21-57(69)77-59)43-7-19-55-67(31-43)81-65-29-41(5-17-53(65)75-55)39-3-15-50(73-49)63(27-39)79-61/h1-36H. The van der Waals surface area contributed by atoms with Crippen molar-refractivity contribution in [3.8, 4) is 66.8 Å². The van der Waals surface area contributed by atoms with E-state index in [1.54, 1.807) is 0 Å². The van der Waals surface area contributed by atoms with Crippen molar-refractivity contribution in [1.29, 1.82) is 0 Å². The number of benzene rings is 12. The molecule has 0 N–H and O–H groups in total. The van der Waals surface area contributed by atoms with Crippen LogP contribution in [0.25, 0.3) is 66.8 Å². The van der Waals surface area contributed by atoms with Crippen LogP contribution in [0.15, 0.2) is 336 Å². The molecule has 12 aromatic carbocycles. The summed E-state index contributed by atoms with van der Waals surface area (Å²) in [5.41, 5.74) is 15.0. The summed E-state index contributed by atoms with van der Waals surface area (Å²) >= 11 is 22.8. The van der Waals surface area contributed by atoms with Crippen molar-refractivity contribution in [2.24, 2.45) is 0 Å². The predicted octanol–water partition coefficient (Wildman–Crippen LogP) is 25.7. The Morgan fingerprint density at radius 2 is 0.179 bits per heavy atom. The average molecular weight is 1290 g/mol. The zero-order valence-electron chi connectivity index (χ0n) is 43.7. The second kappa shape index (κ2) is 20.2. The first kappa shape index (κ1) is 50.9. The lowest BCUT2D eigenvalue weighted by molar-refractivity contribution is 1.14. The Morgan fingerprint density at radius 1 is 0.0952 bits per heavy atom. The van der Waals surface area contributed by atoms with Crippen molar-refractivity contribution in [2.75, 3.05) is 0 Å². The highest BCUT2D eigenvalue weighted by Gasteiger charge is 2.27. The molecule has 19 rings (SSSR count). The van der Waals surface area contributed by atoms with Gasteiger partial charge in [0.2, 0.25) is 0 Å². The van der Waals surface area contributed by atoms with Gasteiger partial charge in [0, 0.05) is 117 Å². The summed E-state index contributed by atoms with van der Waals surface area (Å²) in [6, 6.07) is 84.6. The first-order valence-corrected chi connectivity index (χ1v) is 37.1. The molecule has 0 aliphatic carbocycles. The van der Waals surface area contributed by atoms with E-state index in [9.17, 15) is 0 Å². The van der Waals surface area contributed by atoms with Gasteiger partial charge in [0.1, 0.15) is 0 Å². The zero-order valence-corrected chi connectivity index (χ0v) is 53.5. The smallest absolute Gasteiger partial charge is 0.0268 e. The van der Waals surface area contributed by atoms with Crippen LogP contribution in [0.1, 0.15) is 0 Å². The van der Waals surface area contributed by atoms with Gasteiger partial charge in [-0.15, -0.1) is 0 Å². The molecule has 0 saturated heterocycles. The van der Waals surface area contributed by atoms with E-state index in [0.717, 1.165) is 0 Å². The van der Waals surface area contributed by atoms with E-state index < -0.39 is 0 Å². The van der Waals surface area contributed by atoms with E-state index in [4.69, 9.17) is 0 Å². The van der Waals surface area contributed by atoms with E-state index in [0.29, 0.717) is 0 Å². The quantitative estimate of drug-likeness (QED) is 0.142. The molecule has 0 aromatic heterocycles. The highest BCUT2D eigenvalue weighted by molar-refractivity contribution is 8.07. The van der Waals surface area contributed by atoms with Crippen molar-refractivity contribution < 1.29 is 0 Å². The molecule has 0 unspecified atom stereocenters. The summed E-state index contributed by atoms with van der Waals surface area (Å²) in [5, 5.41) is 0. The molecule has 12 aromatic rings. The average Bonchev–Trinajstić information content (AvgIpc) is 3.73. The second-order valence-electron chi connectivity index (χ2n) is 21.2. The summed E-state index contributed by atoms with van der Waals surface area (Å²) in [4.78, 5) is 31.6. The summed E-state index contributed by atoms with van der Waals surface area (Å²) in [6.45, 7) is 0. The minimum Gasteiger partial charge on any atom is -0.0877 e. The van der Waals surface area contributed by atoms with Gasteiger partial charge in [-0.2, -0.15) is 0 Å². The van der Waals surface area contributed by atoms with Crippen molar-refractivity contribution in [2.45, 2.75) is 117 Å². The normalized spacial score (nSPS) is 14.6. The monoisotopic (exact) mass is 1280 g/mol. The van der Waals surface area contributed by atoms with Crippen LogP contribution in [0.5, 0.6) is 0 Å². The topological polar surface area (TPSA) is 0 Å². The molecule has 84 heavy (non-hydrogen) atoms. The van der Waals surface area contributed by atoms with Crippen LogP contribution in [0.2, 0.25) is 0 Å². The highest BCUT2D eigenvalue weighted by Crippen LogP contribution is 2.58. The molecule has 0 saturated carbocycles. The van der Waals surface area contributed by atoms with Crippen molar-refractivity contribution >= 4 is 141 Å². The molecule has 396 valence electrons. The van der Waals surface area contributed by atoms with Crippen molar-refractivity contribution in [3.05, 3.63) is 218 Å². The molecule has 0 nitrogen and oxygen atoms in total. The van der Waals surface area contributed by atoms with Gasteiger partial charge in [-0.25, -0.2) is 0 Å². The molecule has 7 aliphatic rings. The molecule has 7 heterocycles. The predicted molar refractivity (Wildman–Crippen MR) is 361 cm³/mol. The third kappa shape index (κ3) is 8.90. The van der Waals surface area contributed by atoms with E-state index in [-0.39, 0.29) is 0 Å². The summed E-state index contributed by atoms with van der Waals surface area (Å²) < 4.78 is 0. The summed E-state index contributed by atoms with van der Waals surface area (Å²) in [7, 11) is 0. The molecular formula is C72H36S12. The first-order chi connectivity index (χ1) is 41.4. The largest absolute Gasteiger partial charge is 0.0877 e. The van der Waals surface area contributed by atoms with Gasteiger partial charge < -0.3 is 0 Å². The Bertz CT molecular complexity index is 3850. The Hall–Kier alpha value is -5.16. The summed E-state index contributed by atoms with van der Waals surface area (Å²) in [5.74, 6) is 0. The maximum absolute atomic E-state index is 2.41. The fraction of sp³-hybridized carbons (Fsp3) is 0. The molecule has 7 aliphatic heterocycles. The van der Waals surface area contributed by atoms with Crippen LogP contribution in [0.4, 0.5) is 0 Å². The maximum Gasteiger partial charge on any atom is 0.0268 e. The van der Waals surface area contributed by atoms with Gasteiger partial charge in [-0.1, -0.05) is 214 Å². The lowest BCUT2D eigenvalue weighted by atomic mass is 10.1.